The van der Waals surface area contributed by atoms with Crippen LogP contribution in [-0.2, 0) is 0 Å². The lowest BCUT2D eigenvalue weighted by molar-refractivity contribution is 1.35. The smallest absolute Gasteiger partial charge is 0.0860 e. The van der Waals surface area contributed by atoms with Crippen LogP contribution in [0.25, 0.3) is 0 Å². The largest absolute Gasteiger partial charge is 0.390 e. The van der Waals surface area contributed by atoms with Gasteiger partial charge in [-0.2, -0.15) is 0 Å². The third kappa shape index (κ3) is 1.80. The summed E-state index contributed by atoms with van der Waals surface area (Å²) >= 11 is 0. The van der Waals surface area contributed by atoms with Crippen molar-refractivity contribution in [3.63, 3.8) is 0 Å². The van der Waals surface area contributed by atoms with Gasteiger partial charge >= 0.3 is 0 Å². The first-order valence-corrected chi connectivity index (χ1v) is 3.55. The molecule has 0 aliphatic heterocycles. The second-order valence-electron chi connectivity index (χ2n) is 2.57. The van der Waals surface area contributed by atoms with Gasteiger partial charge in [-0.25, -0.2) is 4.99 Å². The monoisotopic (exact) mass is 148 g/mol. The SMILES string of the molecule is Cc1ccc(N=CN)c(C)c1. The molecule has 2 nitrogen and oxygen atoms in total. The van der Waals surface area contributed by atoms with Crippen LogP contribution < -0.4 is 5.73 Å². The van der Waals surface area contributed by atoms with E-state index in [1.807, 2.05) is 19.1 Å². The number of aliphatic imine (C=N–C) groups is 1. The Balaban J connectivity index is 3.09. The third-order valence-corrected chi connectivity index (χ3v) is 1.57. The fourth-order valence-electron chi connectivity index (χ4n) is 1.03. The van der Waals surface area contributed by atoms with E-state index in [2.05, 4.69) is 18.0 Å². The molecule has 0 heterocycles. The first kappa shape index (κ1) is 7.79. The van der Waals surface area contributed by atoms with Crippen molar-refractivity contribution in [1.29, 1.82) is 0 Å². The predicted octanol–water partition coefficient (Wildman–Crippen LogP) is 1.92. The molecule has 0 saturated carbocycles. The van der Waals surface area contributed by atoms with E-state index in [9.17, 15) is 0 Å². The van der Waals surface area contributed by atoms with Crippen molar-refractivity contribution in [1.82, 2.24) is 0 Å². The van der Waals surface area contributed by atoms with Gasteiger partial charge in [0.15, 0.2) is 0 Å². The Labute approximate surface area is 66.8 Å². The molecule has 1 aromatic rings. The maximum absolute atomic E-state index is 5.18. The number of aryl methyl sites for hydroxylation is 2. The molecule has 0 bridgehead atoms. The van der Waals surface area contributed by atoms with Gasteiger partial charge in [0, 0.05) is 0 Å². The van der Waals surface area contributed by atoms with Crippen molar-refractivity contribution >= 4 is 12.0 Å². The molecule has 0 fully saturated rings. The molecule has 1 aromatic carbocycles. The Morgan fingerprint density at radius 1 is 1.36 bits per heavy atom. The molecule has 58 valence electrons. The summed E-state index contributed by atoms with van der Waals surface area (Å²) in [5.41, 5.74) is 8.53. The zero-order valence-electron chi connectivity index (χ0n) is 6.83. The van der Waals surface area contributed by atoms with Crippen LogP contribution in [0.5, 0.6) is 0 Å². The predicted molar refractivity (Wildman–Crippen MR) is 48.3 cm³/mol. The Morgan fingerprint density at radius 2 is 2.09 bits per heavy atom. The summed E-state index contributed by atoms with van der Waals surface area (Å²) in [5.74, 6) is 0. The molecule has 1 rings (SSSR count). The van der Waals surface area contributed by atoms with Crippen LogP contribution in [0.3, 0.4) is 0 Å². The highest BCUT2D eigenvalue weighted by Gasteiger charge is 1.93. The van der Waals surface area contributed by atoms with Gasteiger partial charge in [-0.3, -0.25) is 0 Å². The van der Waals surface area contributed by atoms with E-state index < -0.39 is 0 Å². The Bertz CT molecular complexity index is 277. The van der Waals surface area contributed by atoms with Crippen LogP contribution in [0.2, 0.25) is 0 Å². The minimum atomic E-state index is 0.943. The molecule has 0 aromatic heterocycles. The molecular formula is C9H12N2. The van der Waals surface area contributed by atoms with E-state index in [-0.39, 0.29) is 0 Å². The van der Waals surface area contributed by atoms with Crippen molar-refractivity contribution < 1.29 is 0 Å². The molecule has 0 saturated heterocycles. The van der Waals surface area contributed by atoms with Gasteiger partial charge in [-0.05, 0) is 25.5 Å². The van der Waals surface area contributed by atoms with E-state index in [0.29, 0.717) is 0 Å². The summed E-state index contributed by atoms with van der Waals surface area (Å²) < 4.78 is 0. The molecule has 11 heavy (non-hydrogen) atoms. The van der Waals surface area contributed by atoms with Crippen LogP contribution in [0.4, 0.5) is 5.69 Å². The average molecular weight is 148 g/mol. The van der Waals surface area contributed by atoms with Gasteiger partial charge in [-0.1, -0.05) is 17.7 Å². The van der Waals surface area contributed by atoms with E-state index in [4.69, 9.17) is 5.73 Å². The topological polar surface area (TPSA) is 38.4 Å². The number of hydrogen-bond donors (Lipinski definition) is 1. The standard InChI is InChI=1S/C9H12N2/c1-7-3-4-9(11-6-10)8(2)5-7/h3-6H,1-2H3,(H2,10,11). The summed E-state index contributed by atoms with van der Waals surface area (Å²) in [7, 11) is 0. The zero-order chi connectivity index (χ0) is 8.27. The van der Waals surface area contributed by atoms with Gasteiger partial charge in [0.1, 0.15) is 0 Å². The number of hydrogen-bond acceptors (Lipinski definition) is 1. The molecule has 0 aliphatic carbocycles. The van der Waals surface area contributed by atoms with Gasteiger partial charge < -0.3 is 5.73 Å². The van der Waals surface area contributed by atoms with E-state index in [1.54, 1.807) is 0 Å². The highest BCUT2D eigenvalue weighted by molar-refractivity contribution is 5.61. The summed E-state index contributed by atoms with van der Waals surface area (Å²) in [6.07, 6.45) is 1.32. The van der Waals surface area contributed by atoms with Crippen molar-refractivity contribution in [2.75, 3.05) is 0 Å². The first-order valence-electron chi connectivity index (χ1n) is 3.55. The highest BCUT2D eigenvalue weighted by atomic mass is 14.8. The normalized spacial score (nSPS) is 10.7. The minimum Gasteiger partial charge on any atom is -0.390 e. The van der Waals surface area contributed by atoms with Crippen LogP contribution in [-0.4, -0.2) is 6.34 Å². The van der Waals surface area contributed by atoms with Crippen LogP contribution in [0, 0.1) is 13.8 Å². The third-order valence-electron chi connectivity index (χ3n) is 1.57. The fourth-order valence-corrected chi connectivity index (χ4v) is 1.03. The van der Waals surface area contributed by atoms with Crippen LogP contribution in [0.15, 0.2) is 23.2 Å². The summed E-state index contributed by atoms with van der Waals surface area (Å²) in [5, 5.41) is 0. The highest BCUT2D eigenvalue weighted by Crippen LogP contribution is 2.18. The second kappa shape index (κ2) is 3.19. The Kier molecular flexibility index (Phi) is 2.26. The Morgan fingerprint density at radius 3 is 2.64 bits per heavy atom. The summed E-state index contributed by atoms with van der Waals surface area (Å²) in [6.45, 7) is 4.08. The van der Waals surface area contributed by atoms with Gasteiger partial charge in [0.2, 0.25) is 0 Å². The minimum absolute atomic E-state index is 0.943. The van der Waals surface area contributed by atoms with Gasteiger partial charge in [0.05, 0.1) is 12.0 Å². The van der Waals surface area contributed by atoms with Gasteiger partial charge in [0.25, 0.3) is 0 Å². The molecular weight excluding hydrogens is 136 g/mol. The van der Waals surface area contributed by atoms with Crippen molar-refractivity contribution in [2.45, 2.75) is 13.8 Å². The van der Waals surface area contributed by atoms with E-state index in [0.717, 1.165) is 11.3 Å². The average Bonchev–Trinajstić information content (AvgIpc) is 1.95. The Hall–Kier alpha value is -1.31. The lowest BCUT2D eigenvalue weighted by Crippen LogP contribution is -1.87. The van der Waals surface area contributed by atoms with Gasteiger partial charge in [-0.15, -0.1) is 0 Å². The molecule has 0 atom stereocenters. The second-order valence-corrected chi connectivity index (χ2v) is 2.57. The molecule has 2 heteroatoms. The molecule has 2 N–H and O–H groups in total. The summed E-state index contributed by atoms with van der Waals surface area (Å²) in [6, 6.07) is 6.08. The lowest BCUT2D eigenvalue weighted by atomic mass is 10.1. The zero-order valence-corrected chi connectivity index (χ0v) is 6.83. The lowest BCUT2D eigenvalue weighted by Gasteiger charge is -1.99. The first-order chi connectivity index (χ1) is 5.24. The fraction of sp³-hybridized carbons (Fsp3) is 0.222. The van der Waals surface area contributed by atoms with E-state index in [1.165, 1.54) is 11.9 Å². The number of benzene rings is 1. The van der Waals surface area contributed by atoms with Crippen LogP contribution in [0.1, 0.15) is 11.1 Å². The molecule has 0 radical (unpaired) electrons. The van der Waals surface area contributed by atoms with E-state index >= 15 is 0 Å². The number of nitrogens with zero attached hydrogens (tertiary/aromatic N) is 1. The summed E-state index contributed by atoms with van der Waals surface area (Å²) in [4.78, 5) is 4.00. The molecule has 0 aliphatic rings. The van der Waals surface area contributed by atoms with Crippen molar-refractivity contribution in [3.8, 4) is 0 Å². The maximum atomic E-state index is 5.18. The molecule has 0 unspecified atom stereocenters. The maximum Gasteiger partial charge on any atom is 0.0860 e. The van der Waals surface area contributed by atoms with Crippen molar-refractivity contribution in [3.05, 3.63) is 29.3 Å². The quantitative estimate of drug-likeness (QED) is 0.479. The van der Waals surface area contributed by atoms with Crippen LogP contribution >= 0.6 is 0 Å². The van der Waals surface area contributed by atoms with Crippen molar-refractivity contribution in [2.24, 2.45) is 10.7 Å². The number of nitrogens with two attached hydrogens (primary N) is 1. The molecule has 0 amide bonds. The number of rotatable bonds is 1. The molecule has 0 spiro atoms.